The molecule has 1 aromatic rings. The first kappa shape index (κ1) is 19.8. The standard InChI is InChI=1S/C17H22N2O2.2ClH/c18-17(20)13-6-7-16(21-14-8-9-19-11-14)15(10-13)12-4-2-1-3-5-12;;/h4,6-7,10,14,19H,1-3,5,8-9,11H2,(H2,18,20);2*1H/t14-;;/m0../s1. The van der Waals surface area contributed by atoms with E-state index >= 15 is 0 Å². The van der Waals surface area contributed by atoms with Crippen LogP contribution >= 0.6 is 24.8 Å². The molecule has 6 heteroatoms. The van der Waals surface area contributed by atoms with Gasteiger partial charge in [-0.15, -0.1) is 24.8 Å². The number of primary amides is 1. The van der Waals surface area contributed by atoms with E-state index in [2.05, 4.69) is 11.4 Å². The van der Waals surface area contributed by atoms with E-state index < -0.39 is 0 Å². The fraction of sp³-hybridized carbons (Fsp3) is 0.471. The molecule has 1 heterocycles. The van der Waals surface area contributed by atoms with E-state index in [0.29, 0.717) is 5.56 Å². The first-order valence-electron chi connectivity index (χ1n) is 7.74. The van der Waals surface area contributed by atoms with Crippen molar-refractivity contribution in [1.29, 1.82) is 0 Å². The predicted molar refractivity (Wildman–Crippen MR) is 97.8 cm³/mol. The molecule has 1 saturated heterocycles. The normalized spacial score (nSPS) is 20.0. The minimum Gasteiger partial charge on any atom is -0.488 e. The highest BCUT2D eigenvalue weighted by Crippen LogP contribution is 2.34. The molecule has 1 aliphatic carbocycles. The van der Waals surface area contributed by atoms with Gasteiger partial charge in [0.1, 0.15) is 11.9 Å². The molecule has 0 spiro atoms. The predicted octanol–water partition coefficient (Wildman–Crippen LogP) is 3.33. The summed E-state index contributed by atoms with van der Waals surface area (Å²) in [6.07, 6.45) is 8.08. The maximum absolute atomic E-state index is 11.4. The van der Waals surface area contributed by atoms with E-state index in [1.165, 1.54) is 18.4 Å². The zero-order valence-electron chi connectivity index (χ0n) is 13.0. The maximum atomic E-state index is 11.4. The molecule has 1 aliphatic heterocycles. The number of carbonyl (C=O) groups excluding carboxylic acids is 1. The average molecular weight is 359 g/mol. The lowest BCUT2D eigenvalue weighted by atomic mass is 9.92. The Kier molecular flexibility index (Phi) is 7.89. The molecule has 1 atom stereocenters. The first-order valence-corrected chi connectivity index (χ1v) is 7.74. The second kappa shape index (κ2) is 9.16. The second-order valence-corrected chi connectivity index (χ2v) is 5.78. The number of halogens is 2. The van der Waals surface area contributed by atoms with Crippen molar-refractivity contribution in [2.75, 3.05) is 13.1 Å². The number of amides is 1. The third-order valence-electron chi connectivity index (χ3n) is 4.21. The number of ether oxygens (including phenoxy) is 1. The van der Waals surface area contributed by atoms with Crippen molar-refractivity contribution >= 4 is 36.3 Å². The summed E-state index contributed by atoms with van der Waals surface area (Å²) in [6, 6.07) is 5.54. The lowest BCUT2D eigenvalue weighted by Gasteiger charge is -2.20. The summed E-state index contributed by atoms with van der Waals surface area (Å²) >= 11 is 0. The SMILES string of the molecule is Cl.Cl.NC(=O)c1ccc(O[C@H]2CCNC2)c(C2=CCCCC2)c1. The Bertz CT molecular complexity index is 570. The quantitative estimate of drug-likeness (QED) is 0.867. The van der Waals surface area contributed by atoms with E-state index in [4.69, 9.17) is 10.5 Å². The van der Waals surface area contributed by atoms with Gasteiger partial charge in [0.15, 0.2) is 0 Å². The van der Waals surface area contributed by atoms with Gasteiger partial charge in [-0.25, -0.2) is 0 Å². The van der Waals surface area contributed by atoms with Gasteiger partial charge in [0.2, 0.25) is 5.91 Å². The third kappa shape index (κ3) is 4.87. The van der Waals surface area contributed by atoms with Gasteiger partial charge in [-0.2, -0.15) is 0 Å². The van der Waals surface area contributed by atoms with Crippen molar-refractivity contribution in [3.63, 3.8) is 0 Å². The van der Waals surface area contributed by atoms with Gasteiger partial charge in [-0.3, -0.25) is 4.79 Å². The summed E-state index contributed by atoms with van der Waals surface area (Å²) in [4.78, 5) is 11.4. The molecule has 4 nitrogen and oxygen atoms in total. The Morgan fingerprint density at radius 1 is 1.26 bits per heavy atom. The minimum atomic E-state index is -0.387. The summed E-state index contributed by atoms with van der Waals surface area (Å²) in [6.45, 7) is 1.89. The molecule has 23 heavy (non-hydrogen) atoms. The molecule has 128 valence electrons. The van der Waals surface area contributed by atoms with Gasteiger partial charge >= 0.3 is 0 Å². The fourth-order valence-corrected chi connectivity index (χ4v) is 3.03. The topological polar surface area (TPSA) is 64.4 Å². The van der Waals surface area contributed by atoms with Crippen LogP contribution in [0.5, 0.6) is 5.75 Å². The fourth-order valence-electron chi connectivity index (χ4n) is 3.03. The van der Waals surface area contributed by atoms with Gasteiger partial charge < -0.3 is 15.8 Å². The molecular formula is C17H24Cl2N2O2. The highest BCUT2D eigenvalue weighted by atomic mass is 35.5. The Morgan fingerprint density at radius 3 is 2.70 bits per heavy atom. The van der Waals surface area contributed by atoms with Gasteiger partial charge in [0.25, 0.3) is 0 Å². The zero-order chi connectivity index (χ0) is 14.7. The van der Waals surface area contributed by atoms with Crippen molar-refractivity contribution in [2.45, 2.75) is 38.2 Å². The van der Waals surface area contributed by atoms with Crippen LogP contribution in [0.25, 0.3) is 5.57 Å². The molecule has 0 radical (unpaired) electrons. The number of hydrogen-bond donors (Lipinski definition) is 2. The zero-order valence-corrected chi connectivity index (χ0v) is 14.7. The lowest BCUT2D eigenvalue weighted by Crippen LogP contribution is -2.20. The Labute approximate surface area is 149 Å². The number of nitrogens with one attached hydrogen (secondary N) is 1. The molecule has 1 fully saturated rings. The molecule has 3 rings (SSSR count). The van der Waals surface area contributed by atoms with Gasteiger partial charge in [0, 0.05) is 17.7 Å². The number of carbonyl (C=O) groups is 1. The van der Waals surface area contributed by atoms with E-state index in [-0.39, 0.29) is 36.8 Å². The Balaban J connectivity index is 0.00000132. The largest absolute Gasteiger partial charge is 0.488 e. The van der Waals surface area contributed by atoms with Gasteiger partial charge in [-0.05, 0) is 62.4 Å². The maximum Gasteiger partial charge on any atom is 0.248 e. The van der Waals surface area contributed by atoms with Crippen LogP contribution in [0.3, 0.4) is 0 Å². The second-order valence-electron chi connectivity index (χ2n) is 5.78. The number of nitrogens with two attached hydrogens (primary N) is 1. The van der Waals surface area contributed by atoms with Crippen LogP contribution in [0.1, 0.15) is 48.0 Å². The molecule has 1 amide bonds. The summed E-state index contributed by atoms with van der Waals surface area (Å²) in [5.41, 5.74) is 8.29. The van der Waals surface area contributed by atoms with Crippen LogP contribution in [0, 0.1) is 0 Å². The Hall–Kier alpha value is -1.23. The van der Waals surface area contributed by atoms with Crippen molar-refractivity contribution in [1.82, 2.24) is 5.32 Å². The summed E-state index contributed by atoms with van der Waals surface area (Å²) in [5.74, 6) is 0.489. The number of hydrogen-bond acceptors (Lipinski definition) is 3. The highest BCUT2D eigenvalue weighted by molar-refractivity contribution is 5.94. The van der Waals surface area contributed by atoms with Crippen molar-refractivity contribution in [3.8, 4) is 5.75 Å². The van der Waals surface area contributed by atoms with E-state index in [1.54, 1.807) is 6.07 Å². The molecule has 2 aliphatic rings. The van der Waals surface area contributed by atoms with Crippen molar-refractivity contribution in [2.24, 2.45) is 5.73 Å². The van der Waals surface area contributed by atoms with Gasteiger partial charge in [0.05, 0.1) is 0 Å². The molecular weight excluding hydrogens is 335 g/mol. The van der Waals surface area contributed by atoms with Crippen LogP contribution < -0.4 is 15.8 Å². The summed E-state index contributed by atoms with van der Waals surface area (Å²) < 4.78 is 6.14. The Morgan fingerprint density at radius 2 is 2.09 bits per heavy atom. The molecule has 3 N–H and O–H groups in total. The number of rotatable bonds is 4. The third-order valence-corrected chi connectivity index (χ3v) is 4.21. The van der Waals surface area contributed by atoms with Crippen molar-refractivity contribution in [3.05, 3.63) is 35.4 Å². The molecule has 0 unspecified atom stereocenters. The summed E-state index contributed by atoms with van der Waals surface area (Å²) in [7, 11) is 0. The van der Waals surface area contributed by atoms with E-state index in [9.17, 15) is 4.79 Å². The van der Waals surface area contributed by atoms with Crippen LogP contribution in [-0.4, -0.2) is 25.1 Å². The smallest absolute Gasteiger partial charge is 0.248 e. The molecule has 0 bridgehead atoms. The monoisotopic (exact) mass is 358 g/mol. The summed E-state index contributed by atoms with van der Waals surface area (Å²) in [5, 5.41) is 3.31. The minimum absolute atomic E-state index is 0. The van der Waals surface area contributed by atoms with Crippen LogP contribution in [0.15, 0.2) is 24.3 Å². The average Bonchev–Trinajstić information content (AvgIpc) is 3.01. The number of allylic oxidation sites excluding steroid dienone is 2. The molecule has 0 aromatic heterocycles. The van der Waals surface area contributed by atoms with Crippen LogP contribution in [0.2, 0.25) is 0 Å². The number of benzene rings is 1. The first-order chi connectivity index (χ1) is 10.2. The van der Waals surface area contributed by atoms with Crippen LogP contribution in [0.4, 0.5) is 0 Å². The lowest BCUT2D eigenvalue weighted by molar-refractivity contribution is 0.1000. The van der Waals surface area contributed by atoms with E-state index in [1.807, 2.05) is 12.1 Å². The molecule has 1 aromatic carbocycles. The highest BCUT2D eigenvalue weighted by Gasteiger charge is 2.20. The van der Waals surface area contributed by atoms with E-state index in [0.717, 1.165) is 43.7 Å². The van der Waals surface area contributed by atoms with Gasteiger partial charge in [-0.1, -0.05) is 6.08 Å². The van der Waals surface area contributed by atoms with Crippen LogP contribution in [-0.2, 0) is 0 Å². The van der Waals surface area contributed by atoms with Crippen molar-refractivity contribution < 1.29 is 9.53 Å². The molecule has 0 saturated carbocycles.